The van der Waals surface area contributed by atoms with E-state index in [0.717, 1.165) is 37.3 Å². The molecule has 2 aromatic carbocycles. The Balaban J connectivity index is 1.15. The number of benzene rings is 2. The topological polar surface area (TPSA) is 76.8 Å². The van der Waals surface area contributed by atoms with Crippen molar-refractivity contribution in [2.75, 3.05) is 13.2 Å². The van der Waals surface area contributed by atoms with Crippen LogP contribution >= 0.6 is 15.9 Å². The van der Waals surface area contributed by atoms with E-state index in [1.54, 1.807) is 30.5 Å². The standard InChI is InChI=1S/C28H31BrFN3O3/c1-19-13-15-33(27(19)28(31)34)14-2-16-35-24-10-4-20(5-11-24)3-9-23-18-36-26(32-23)12-7-21-6-8-22(29)17-25(21)30/h4-8,10-13,15,17-19,26-27,32H,2-3,9,14,16H2,1H3,(H2,31,34)/b12-7+. The lowest BCUT2D eigenvalue weighted by Gasteiger charge is -2.25. The van der Waals surface area contributed by atoms with Gasteiger partial charge in [0.25, 0.3) is 0 Å². The number of hydrogen-bond donors (Lipinski definition) is 2. The maximum atomic E-state index is 14.0. The molecule has 1 amide bonds. The minimum absolute atomic E-state index is 0.141. The summed E-state index contributed by atoms with van der Waals surface area (Å²) in [6, 6.07) is 12.8. The predicted octanol–water partition coefficient (Wildman–Crippen LogP) is 5.11. The molecule has 2 aliphatic heterocycles. The Morgan fingerprint density at radius 2 is 2.06 bits per heavy atom. The van der Waals surface area contributed by atoms with E-state index < -0.39 is 0 Å². The predicted molar refractivity (Wildman–Crippen MR) is 142 cm³/mol. The summed E-state index contributed by atoms with van der Waals surface area (Å²) in [5, 5.41) is 3.30. The molecule has 0 radical (unpaired) electrons. The molecular formula is C28H31BrFN3O3. The molecule has 4 rings (SSSR count). The maximum Gasteiger partial charge on any atom is 0.240 e. The molecule has 0 saturated carbocycles. The van der Waals surface area contributed by atoms with Gasteiger partial charge in [0.05, 0.1) is 6.61 Å². The SMILES string of the molecule is CC1C=CN(CCCOc2ccc(CCC3=COC(/C=C/c4ccc(Br)cc4F)N3)cc2)C1C(N)=O. The van der Waals surface area contributed by atoms with Crippen LogP contribution in [0.4, 0.5) is 4.39 Å². The second-order valence-corrected chi connectivity index (χ2v) is 9.92. The minimum atomic E-state index is -0.309. The summed E-state index contributed by atoms with van der Waals surface area (Å²) in [5.41, 5.74) is 8.23. The largest absolute Gasteiger partial charge is 0.494 e. The van der Waals surface area contributed by atoms with Gasteiger partial charge in [0, 0.05) is 28.2 Å². The number of carbonyl (C=O) groups is 1. The third-order valence-electron chi connectivity index (χ3n) is 6.26. The zero-order valence-electron chi connectivity index (χ0n) is 20.2. The van der Waals surface area contributed by atoms with Crippen molar-refractivity contribution in [3.8, 4) is 5.75 Å². The van der Waals surface area contributed by atoms with Crippen LogP contribution < -0.4 is 15.8 Å². The van der Waals surface area contributed by atoms with Crippen molar-refractivity contribution in [1.29, 1.82) is 0 Å². The number of nitrogens with one attached hydrogen (secondary N) is 1. The summed E-state index contributed by atoms with van der Waals surface area (Å²) in [4.78, 5) is 13.6. The zero-order valence-corrected chi connectivity index (χ0v) is 21.8. The molecule has 3 unspecified atom stereocenters. The van der Waals surface area contributed by atoms with E-state index in [-0.39, 0.29) is 29.9 Å². The summed E-state index contributed by atoms with van der Waals surface area (Å²) in [7, 11) is 0. The fraction of sp³-hybridized carbons (Fsp3) is 0.321. The molecule has 0 bridgehead atoms. The molecule has 8 heteroatoms. The molecular weight excluding hydrogens is 525 g/mol. The van der Waals surface area contributed by atoms with Gasteiger partial charge in [-0.05, 0) is 61.4 Å². The second-order valence-electron chi connectivity index (χ2n) is 9.00. The van der Waals surface area contributed by atoms with Gasteiger partial charge in [0.15, 0.2) is 6.23 Å². The van der Waals surface area contributed by atoms with Gasteiger partial charge >= 0.3 is 0 Å². The van der Waals surface area contributed by atoms with Gasteiger partial charge in [-0.2, -0.15) is 0 Å². The molecule has 0 aromatic heterocycles. The van der Waals surface area contributed by atoms with Gasteiger partial charge in [-0.3, -0.25) is 4.79 Å². The molecule has 0 aliphatic carbocycles. The number of hydrogen-bond acceptors (Lipinski definition) is 5. The molecule has 3 atom stereocenters. The third kappa shape index (κ3) is 6.91. The first-order valence-corrected chi connectivity index (χ1v) is 12.9. The number of amides is 1. The molecule has 2 aromatic rings. The fourth-order valence-electron chi connectivity index (χ4n) is 4.31. The highest BCUT2D eigenvalue weighted by molar-refractivity contribution is 9.10. The molecule has 0 fully saturated rings. The van der Waals surface area contributed by atoms with Crippen molar-refractivity contribution in [3.63, 3.8) is 0 Å². The smallest absolute Gasteiger partial charge is 0.240 e. The van der Waals surface area contributed by atoms with Crippen LogP contribution in [0, 0.1) is 11.7 Å². The highest BCUT2D eigenvalue weighted by atomic mass is 79.9. The number of rotatable bonds is 11. The van der Waals surface area contributed by atoms with Crippen LogP contribution in [0.3, 0.4) is 0 Å². The Bertz CT molecular complexity index is 1150. The van der Waals surface area contributed by atoms with Gasteiger partial charge in [-0.25, -0.2) is 4.39 Å². The van der Waals surface area contributed by atoms with E-state index in [0.29, 0.717) is 16.6 Å². The van der Waals surface area contributed by atoms with Gasteiger partial charge < -0.3 is 25.4 Å². The van der Waals surface area contributed by atoms with Crippen molar-refractivity contribution in [2.24, 2.45) is 11.7 Å². The quantitative estimate of drug-likeness (QED) is 0.377. The minimum Gasteiger partial charge on any atom is -0.494 e. The number of nitrogens with zero attached hydrogens (tertiary/aromatic N) is 1. The van der Waals surface area contributed by atoms with Crippen LogP contribution in [0.2, 0.25) is 0 Å². The van der Waals surface area contributed by atoms with Gasteiger partial charge in [0.1, 0.15) is 23.9 Å². The molecule has 6 nitrogen and oxygen atoms in total. The lowest BCUT2D eigenvalue weighted by atomic mass is 10.0. The third-order valence-corrected chi connectivity index (χ3v) is 6.75. The van der Waals surface area contributed by atoms with Crippen LogP contribution in [-0.2, 0) is 16.0 Å². The lowest BCUT2D eigenvalue weighted by Crippen LogP contribution is -2.43. The summed E-state index contributed by atoms with van der Waals surface area (Å²) < 4.78 is 26.2. The van der Waals surface area contributed by atoms with E-state index in [2.05, 4.69) is 33.4 Å². The highest BCUT2D eigenvalue weighted by Gasteiger charge is 2.30. The highest BCUT2D eigenvalue weighted by Crippen LogP contribution is 2.22. The molecule has 3 N–H and O–H groups in total. The number of nitrogens with two attached hydrogens (primary N) is 1. The molecule has 0 saturated heterocycles. The second kappa shape index (κ2) is 12.1. The first-order chi connectivity index (χ1) is 17.4. The van der Waals surface area contributed by atoms with Crippen molar-refractivity contribution in [1.82, 2.24) is 10.2 Å². The van der Waals surface area contributed by atoms with E-state index >= 15 is 0 Å². The van der Waals surface area contributed by atoms with Crippen LogP contribution in [-0.4, -0.2) is 36.2 Å². The summed E-state index contributed by atoms with van der Waals surface area (Å²) in [5.74, 6) is 0.390. The van der Waals surface area contributed by atoms with Crippen molar-refractivity contribution < 1.29 is 18.7 Å². The van der Waals surface area contributed by atoms with Crippen LogP contribution in [0.25, 0.3) is 6.08 Å². The van der Waals surface area contributed by atoms with E-state index in [1.165, 1.54) is 11.6 Å². The Morgan fingerprint density at radius 1 is 1.25 bits per heavy atom. The molecule has 2 heterocycles. The Labute approximate surface area is 219 Å². The maximum absolute atomic E-state index is 14.0. The van der Waals surface area contributed by atoms with Crippen molar-refractivity contribution in [3.05, 3.63) is 94.2 Å². The number of allylic oxidation sites excluding steroid dienone is 1. The molecule has 190 valence electrons. The van der Waals surface area contributed by atoms with Crippen molar-refractivity contribution in [2.45, 2.75) is 38.5 Å². The first-order valence-electron chi connectivity index (χ1n) is 12.1. The summed E-state index contributed by atoms with van der Waals surface area (Å²) >= 11 is 3.26. The average molecular weight is 556 g/mol. The first kappa shape index (κ1) is 25.8. The average Bonchev–Trinajstić information content (AvgIpc) is 3.47. The van der Waals surface area contributed by atoms with Crippen molar-refractivity contribution >= 4 is 27.9 Å². The van der Waals surface area contributed by atoms with Crippen LogP contribution in [0.1, 0.15) is 30.9 Å². The number of primary amides is 1. The van der Waals surface area contributed by atoms with Gasteiger partial charge in [-0.1, -0.05) is 53.2 Å². The Kier molecular flexibility index (Phi) is 8.70. The lowest BCUT2D eigenvalue weighted by molar-refractivity contribution is -0.122. The fourth-order valence-corrected chi connectivity index (χ4v) is 4.64. The Morgan fingerprint density at radius 3 is 2.81 bits per heavy atom. The molecule has 0 spiro atoms. The summed E-state index contributed by atoms with van der Waals surface area (Å²) in [6.45, 7) is 3.29. The molecule has 2 aliphatic rings. The monoisotopic (exact) mass is 555 g/mol. The number of halogens is 2. The number of aryl methyl sites for hydroxylation is 1. The molecule has 36 heavy (non-hydrogen) atoms. The Hall–Kier alpha value is -3.26. The summed E-state index contributed by atoms with van der Waals surface area (Å²) in [6.07, 6.45) is 11.4. The van der Waals surface area contributed by atoms with Crippen LogP contribution in [0.15, 0.2) is 77.2 Å². The zero-order chi connectivity index (χ0) is 25.5. The normalized spacial score (nSPS) is 20.9. The number of carbonyl (C=O) groups excluding carboxylic acids is 1. The van der Waals surface area contributed by atoms with E-state index in [1.807, 2.05) is 36.2 Å². The van der Waals surface area contributed by atoms with E-state index in [9.17, 15) is 9.18 Å². The van der Waals surface area contributed by atoms with E-state index in [4.69, 9.17) is 15.2 Å². The van der Waals surface area contributed by atoms with Gasteiger partial charge in [-0.15, -0.1) is 0 Å². The number of ether oxygens (including phenoxy) is 2. The van der Waals surface area contributed by atoms with Gasteiger partial charge in [0.2, 0.25) is 5.91 Å². The van der Waals surface area contributed by atoms with Crippen LogP contribution in [0.5, 0.6) is 5.75 Å².